The fraction of sp³-hybridized carbons (Fsp3) is 0.200. The standard InChI is InChI=1S/C15H16FNO3S/c16-13-5-7-14(8-6-13)21(19,20)10-15(18)12-3-1-11(9-17)2-4-12/h1-8,15,18H,9-10,17H2. The summed E-state index contributed by atoms with van der Waals surface area (Å²) in [4.78, 5) is -0.0125. The number of benzene rings is 2. The summed E-state index contributed by atoms with van der Waals surface area (Å²) >= 11 is 0. The van der Waals surface area contributed by atoms with Gasteiger partial charge in [0.2, 0.25) is 0 Å². The highest BCUT2D eigenvalue weighted by Gasteiger charge is 2.21. The van der Waals surface area contributed by atoms with Crippen LogP contribution in [-0.2, 0) is 16.4 Å². The molecule has 1 atom stereocenters. The Morgan fingerprint density at radius 1 is 1.05 bits per heavy atom. The first kappa shape index (κ1) is 15.6. The molecule has 0 fully saturated rings. The molecule has 112 valence electrons. The first-order chi connectivity index (χ1) is 9.92. The minimum atomic E-state index is -3.68. The monoisotopic (exact) mass is 309 g/mol. The van der Waals surface area contributed by atoms with Crippen molar-refractivity contribution in [3.63, 3.8) is 0 Å². The highest BCUT2D eigenvalue weighted by Crippen LogP contribution is 2.20. The van der Waals surface area contributed by atoms with Gasteiger partial charge in [-0.3, -0.25) is 0 Å². The smallest absolute Gasteiger partial charge is 0.181 e. The Labute approximate surface area is 123 Å². The van der Waals surface area contributed by atoms with Crippen LogP contribution in [0.2, 0.25) is 0 Å². The van der Waals surface area contributed by atoms with Crippen molar-refractivity contribution >= 4 is 9.84 Å². The molecule has 4 nitrogen and oxygen atoms in total. The summed E-state index contributed by atoms with van der Waals surface area (Å²) in [6.07, 6.45) is -1.15. The number of nitrogens with two attached hydrogens (primary N) is 1. The van der Waals surface area contributed by atoms with E-state index in [0.717, 1.165) is 17.7 Å². The van der Waals surface area contributed by atoms with Crippen LogP contribution in [0.1, 0.15) is 17.2 Å². The lowest BCUT2D eigenvalue weighted by Crippen LogP contribution is -2.15. The van der Waals surface area contributed by atoms with Crippen LogP contribution < -0.4 is 5.73 Å². The zero-order valence-electron chi connectivity index (χ0n) is 11.2. The number of aliphatic hydroxyl groups is 1. The van der Waals surface area contributed by atoms with Gasteiger partial charge >= 0.3 is 0 Å². The van der Waals surface area contributed by atoms with Crippen LogP contribution >= 0.6 is 0 Å². The van der Waals surface area contributed by atoms with Gasteiger partial charge in [0.1, 0.15) is 5.82 Å². The summed E-state index contributed by atoms with van der Waals surface area (Å²) in [6.45, 7) is 0.379. The summed E-state index contributed by atoms with van der Waals surface area (Å²) in [5, 5.41) is 10.1. The Morgan fingerprint density at radius 3 is 2.14 bits per heavy atom. The molecule has 0 saturated carbocycles. The van der Waals surface area contributed by atoms with Crippen LogP contribution in [0.4, 0.5) is 4.39 Å². The van der Waals surface area contributed by atoms with Gasteiger partial charge in [-0.05, 0) is 35.4 Å². The van der Waals surface area contributed by atoms with Crippen molar-refractivity contribution in [2.75, 3.05) is 5.75 Å². The van der Waals surface area contributed by atoms with Gasteiger partial charge in [-0.2, -0.15) is 0 Å². The maximum Gasteiger partial charge on any atom is 0.181 e. The van der Waals surface area contributed by atoms with E-state index < -0.39 is 27.5 Å². The summed E-state index contributed by atoms with van der Waals surface area (Å²) in [7, 11) is -3.68. The predicted molar refractivity (Wildman–Crippen MR) is 77.7 cm³/mol. The molecule has 2 rings (SSSR count). The molecule has 0 saturated heterocycles. The molecular weight excluding hydrogens is 293 g/mol. The van der Waals surface area contributed by atoms with Crippen LogP contribution in [0.3, 0.4) is 0 Å². The SMILES string of the molecule is NCc1ccc(C(O)CS(=O)(=O)c2ccc(F)cc2)cc1. The van der Waals surface area contributed by atoms with E-state index in [1.807, 2.05) is 0 Å². The van der Waals surface area contributed by atoms with Gasteiger partial charge in [0.25, 0.3) is 0 Å². The van der Waals surface area contributed by atoms with Crippen molar-refractivity contribution in [1.82, 2.24) is 0 Å². The molecule has 6 heteroatoms. The number of hydrogen-bond donors (Lipinski definition) is 2. The largest absolute Gasteiger partial charge is 0.387 e. The molecule has 0 aliphatic carbocycles. The lowest BCUT2D eigenvalue weighted by molar-refractivity contribution is 0.201. The average molecular weight is 309 g/mol. The van der Waals surface area contributed by atoms with Crippen molar-refractivity contribution in [3.8, 4) is 0 Å². The zero-order chi connectivity index (χ0) is 15.5. The molecule has 0 heterocycles. The second-order valence-corrected chi connectivity index (χ2v) is 6.73. The number of halogens is 1. The number of hydrogen-bond acceptors (Lipinski definition) is 4. The quantitative estimate of drug-likeness (QED) is 0.825. The van der Waals surface area contributed by atoms with Gasteiger partial charge in [-0.25, -0.2) is 12.8 Å². The minimum Gasteiger partial charge on any atom is -0.387 e. The zero-order valence-corrected chi connectivity index (χ0v) is 12.1. The molecule has 0 spiro atoms. The van der Waals surface area contributed by atoms with Crippen LogP contribution in [0.5, 0.6) is 0 Å². The minimum absolute atomic E-state index is 0.0125. The molecule has 21 heavy (non-hydrogen) atoms. The molecule has 0 bridgehead atoms. The molecule has 0 amide bonds. The van der Waals surface area contributed by atoms with Gasteiger partial charge in [0, 0.05) is 6.54 Å². The number of sulfone groups is 1. The molecule has 2 aromatic carbocycles. The molecule has 1 unspecified atom stereocenters. The van der Waals surface area contributed by atoms with E-state index in [1.54, 1.807) is 24.3 Å². The first-order valence-electron chi connectivity index (χ1n) is 6.37. The van der Waals surface area contributed by atoms with Crippen molar-refractivity contribution in [1.29, 1.82) is 0 Å². The van der Waals surface area contributed by atoms with E-state index in [1.165, 1.54) is 12.1 Å². The normalized spacial score (nSPS) is 13.1. The molecule has 3 N–H and O–H groups in total. The highest BCUT2D eigenvalue weighted by molar-refractivity contribution is 7.91. The lowest BCUT2D eigenvalue weighted by Gasteiger charge is -2.12. The summed E-state index contributed by atoms with van der Waals surface area (Å²) in [5.41, 5.74) is 6.87. The van der Waals surface area contributed by atoms with Gasteiger partial charge in [0.15, 0.2) is 9.84 Å². The van der Waals surface area contributed by atoms with Crippen LogP contribution in [0.15, 0.2) is 53.4 Å². The van der Waals surface area contributed by atoms with E-state index in [0.29, 0.717) is 12.1 Å². The molecule has 0 aliphatic heterocycles. The van der Waals surface area contributed by atoms with Gasteiger partial charge < -0.3 is 10.8 Å². The van der Waals surface area contributed by atoms with Crippen LogP contribution in [-0.4, -0.2) is 19.3 Å². The van der Waals surface area contributed by atoms with Crippen molar-refractivity contribution in [2.45, 2.75) is 17.5 Å². The Bertz CT molecular complexity index is 697. The van der Waals surface area contributed by atoms with Crippen LogP contribution in [0, 0.1) is 5.82 Å². The van der Waals surface area contributed by atoms with E-state index in [4.69, 9.17) is 5.73 Å². The van der Waals surface area contributed by atoms with E-state index in [-0.39, 0.29) is 4.90 Å². The predicted octanol–water partition coefficient (Wildman–Crippen LogP) is 1.79. The van der Waals surface area contributed by atoms with Gasteiger partial charge in [0.05, 0.1) is 16.8 Å². The summed E-state index contributed by atoms with van der Waals surface area (Å²) in [5.74, 6) is -0.965. The number of rotatable bonds is 5. The van der Waals surface area contributed by atoms with E-state index >= 15 is 0 Å². The molecule has 0 aliphatic rings. The highest BCUT2D eigenvalue weighted by atomic mass is 32.2. The maximum absolute atomic E-state index is 12.8. The summed E-state index contributed by atoms with van der Waals surface area (Å²) < 4.78 is 37.1. The van der Waals surface area contributed by atoms with Crippen molar-refractivity contribution in [3.05, 3.63) is 65.5 Å². The Kier molecular flexibility index (Phi) is 4.72. The average Bonchev–Trinajstić information content (AvgIpc) is 2.47. The summed E-state index contributed by atoms with van der Waals surface area (Å²) in [6, 6.07) is 11.3. The number of aliphatic hydroxyl groups excluding tert-OH is 1. The first-order valence-corrected chi connectivity index (χ1v) is 8.03. The fourth-order valence-electron chi connectivity index (χ4n) is 1.92. The molecular formula is C15H16FNO3S. The third-order valence-electron chi connectivity index (χ3n) is 3.15. The van der Waals surface area contributed by atoms with E-state index in [9.17, 15) is 17.9 Å². The second-order valence-electron chi connectivity index (χ2n) is 4.70. The Morgan fingerprint density at radius 2 is 1.62 bits per heavy atom. The van der Waals surface area contributed by atoms with Gasteiger partial charge in [-0.15, -0.1) is 0 Å². The third kappa shape index (κ3) is 3.87. The lowest BCUT2D eigenvalue weighted by atomic mass is 10.1. The van der Waals surface area contributed by atoms with Crippen LogP contribution in [0.25, 0.3) is 0 Å². The fourth-order valence-corrected chi connectivity index (χ4v) is 3.27. The molecule has 0 aromatic heterocycles. The van der Waals surface area contributed by atoms with Crippen molar-refractivity contribution in [2.24, 2.45) is 5.73 Å². The third-order valence-corrected chi connectivity index (χ3v) is 4.90. The Hall–Kier alpha value is -1.76. The Balaban J connectivity index is 2.17. The maximum atomic E-state index is 12.8. The van der Waals surface area contributed by atoms with E-state index in [2.05, 4.69) is 0 Å². The topological polar surface area (TPSA) is 80.4 Å². The molecule has 2 aromatic rings. The second kappa shape index (κ2) is 6.34. The van der Waals surface area contributed by atoms with Gasteiger partial charge in [-0.1, -0.05) is 24.3 Å². The van der Waals surface area contributed by atoms with Crippen molar-refractivity contribution < 1.29 is 17.9 Å². The molecule has 0 radical (unpaired) electrons.